The molecule has 3 aromatic heterocycles. The summed E-state index contributed by atoms with van der Waals surface area (Å²) in [6, 6.07) is 10.9. The Hall–Kier alpha value is -3.19. The standard InChI is InChI=1S/C19H17ClN6O/c1-11-8-17(26(23-11)15-6-4-14(20)5-7-15)22-19(27)13-9-16-12(2)24-25(3)18(16)21-10-13/h4-10H,1-3H3,(H,22,27). The first-order valence-electron chi connectivity index (χ1n) is 8.35. The second-order valence-electron chi connectivity index (χ2n) is 6.32. The Balaban J connectivity index is 1.67. The summed E-state index contributed by atoms with van der Waals surface area (Å²) in [4.78, 5) is 17.1. The summed E-state index contributed by atoms with van der Waals surface area (Å²) in [5.41, 5.74) is 3.62. The van der Waals surface area contributed by atoms with E-state index in [0.717, 1.165) is 28.1 Å². The van der Waals surface area contributed by atoms with Crippen LogP contribution in [0.25, 0.3) is 16.7 Å². The van der Waals surface area contributed by atoms with Crippen molar-refractivity contribution in [3.63, 3.8) is 0 Å². The van der Waals surface area contributed by atoms with Gasteiger partial charge in [0.1, 0.15) is 5.82 Å². The first kappa shape index (κ1) is 17.2. The molecule has 0 bridgehead atoms. The molecule has 7 nitrogen and oxygen atoms in total. The van der Waals surface area contributed by atoms with Gasteiger partial charge in [-0.15, -0.1) is 0 Å². The third-order valence-corrected chi connectivity index (χ3v) is 4.52. The number of rotatable bonds is 3. The molecule has 0 spiro atoms. The minimum absolute atomic E-state index is 0.261. The molecule has 0 aliphatic rings. The van der Waals surface area contributed by atoms with E-state index in [1.165, 1.54) is 0 Å². The van der Waals surface area contributed by atoms with E-state index in [1.807, 2.05) is 39.1 Å². The molecule has 3 heterocycles. The van der Waals surface area contributed by atoms with Crippen molar-refractivity contribution in [1.82, 2.24) is 24.5 Å². The molecule has 4 aromatic rings. The van der Waals surface area contributed by atoms with Crippen LogP contribution in [0.15, 0.2) is 42.6 Å². The molecule has 0 aliphatic carbocycles. The second-order valence-corrected chi connectivity index (χ2v) is 6.75. The van der Waals surface area contributed by atoms with Gasteiger partial charge in [-0.3, -0.25) is 9.48 Å². The van der Waals surface area contributed by atoms with Gasteiger partial charge in [-0.1, -0.05) is 11.6 Å². The molecule has 0 atom stereocenters. The van der Waals surface area contributed by atoms with E-state index >= 15 is 0 Å². The van der Waals surface area contributed by atoms with Crippen molar-refractivity contribution in [1.29, 1.82) is 0 Å². The molecule has 0 saturated heterocycles. The van der Waals surface area contributed by atoms with Gasteiger partial charge in [0.05, 0.1) is 22.6 Å². The van der Waals surface area contributed by atoms with Crippen LogP contribution < -0.4 is 5.32 Å². The van der Waals surface area contributed by atoms with Crippen LogP contribution in [0, 0.1) is 13.8 Å². The number of hydrogen-bond donors (Lipinski definition) is 1. The molecule has 0 unspecified atom stereocenters. The highest BCUT2D eigenvalue weighted by Crippen LogP contribution is 2.21. The van der Waals surface area contributed by atoms with E-state index < -0.39 is 0 Å². The molecular formula is C19H17ClN6O. The van der Waals surface area contributed by atoms with Crippen molar-refractivity contribution in [3.8, 4) is 5.69 Å². The molecule has 8 heteroatoms. The number of anilines is 1. The monoisotopic (exact) mass is 380 g/mol. The van der Waals surface area contributed by atoms with E-state index in [2.05, 4.69) is 20.5 Å². The van der Waals surface area contributed by atoms with Crippen LogP contribution in [0.2, 0.25) is 5.02 Å². The summed E-state index contributed by atoms with van der Waals surface area (Å²) < 4.78 is 3.37. The van der Waals surface area contributed by atoms with Gasteiger partial charge >= 0.3 is 0 Å². The number of fused-ring (bicyclic) bond motifs is 1. The lowest BCUT2D eigenvalue weighted by atomic mass is 10.2. The summed E-state index contributed by atoms with van der Waals surface area (Å²) in [5, 5.41) is 13.2. The van der Waals surface area contributed by atoms with Crippen LogP contribution in [0.5, 0.6) is 0 Å². The van der Waals surface area contributed by atoms with Crippen molar-refractivity contribution < 1.29 is 4.79 Å². The number of pyridine rings is 1. The zero-order valence-corrected chi connectivity index (χ0v) is 15.8. The van der Waals surface area contributed by atoms with Crippen LogP contribution in [0.3, 0.4) is 0 Å². The molecule has 0 radical (unpaired) electrons. The van der Waals surface area contributed by atoms with Crippen molar-refractivity contribution >= 4 is 34.4 Å². The highest BCUT2D eigenvalue weighted by molar-refractivity contribution is 6.30. The van der Waals surface area contributed by atoms with Crippen LogP contribution in [0.1, 0.15) is 21.7 Å². The zero-order valence-electron chi connectivity index (χ0n) is 15.1. The number of aromatic nitrogens is 5. The molecule has 0 saturated carbocycles. The van der Waals surface area contributed by atoms with Gasteiger partial charge in [0, 0.05) is 29.7 Å². The van der Waals surface area contributed by atoms with E-state index in [0.29, 0.717) is 16.4 Å². The normalized spacial score (nSPS) is 11.1. The van der Waals surface area contributed by atoms with Gasteiger partial charge in [-0.2, -0.15) is 10.2 Å². The number of nitrogens with one attached hydrogen (secondary N) is 1. The van der Waals surface area contributed by atoms with Crippen LogP contribution >= 0.6 is 11.6 Å². The Morgan fingerprint density at radius 3 is 2.59 bits per heavy atom. The number of amides is 1. The molecule has 0 aliphatic heterocycles. The largest absolute Gasteiger partial charge is 0.306 e. The Morgan fingerprint density at radius 2 is 1.85 bits per heavy atom. The van der Waals surface area contributed by atoms with E-state index in [-0.39, 0.29) is 5.91 Å². The first-order chi connectivity index (χ1) is 12.9. The molecule has 4 rings (SSSR count). The third-order valence-electron chi connectivity index (χ3n) is 4.27. The lowest BCUT2D eigenvalue weighted by molar-refractivity contribution is 0.102. The maximum Gasteiger partial charge on any atom is 0.258 e. The summed E-state index contributed by atoms with van der Waals surface area (Å²) in [5.74, 6) is 0.311. The maximum absolute atomic E-state index is 12.8. The fourth-order valence-electron chi connectivity index (χ4n) is 2.99. The van der Waals surface area contributed by atoms with Crippen molar-refractivity contribution in [3.05, 3.63) is 64.6 Å². The van der Waals surface area contributed by atoms with Gasteiger partial charge < -0.3 is 5.32 Å². The van der Waals surface area contributed by atoms with Gasteiger partial charge in [-0.05, 0) is 44.2 Å². The highest BCUT2D eigenvalue weighted by Gasteiger charge is 2.15. The summed E-state index contributed by atoms with van der Waals surface area (Å²) in [7, 11) is 1.83. The number of aryl methyl sites for hydroxylation is 3. The Bertz CT molecular complexity index is 1160. The van der Waals surface area contributed by atoms with Crippen LogP contribution in [-0.2, 0) is 7.05 Å². The predicted octanol–water partition coefficient (Wildman–Crippen LogP) is 3.68. The lowest BCUT2D eigenvalue weighted by Gasteiger charge is -2.09. The minimum atomic E-state index is -0.261. The van der Waals surface area contributed by atoms with Crippen LogP contribution in [-0.4, -0.2) is 30.5 Å². The van der Waals surface area contributed by atoms with Crippen LogP contribution in [0.4, 0.5) is 5.82 Å². The average Bonchev–Trinajstić information content (AvgIpc) is 3.15. The molecule has 1 aromatic carbocycles. The zero-order chi connectivity index (χ0) is 19.1. The van der Waals surface area contributed by atoms with Crippen molar-refractivity contribution in [2.75, 3.05) is 5.32 Å². The summed E-state index contributed by atoms with van der Waals surface area (Å²) in [6.45, 7) is 3.76. The summed E-state index contributed by atoms with van der Waals surface area (Å²) >= 11 is 5.96. The Kier molecular flexibility index (Phi) is 4.16. The summed E-state index contributed by atoms with van der Waals surface area (Å²) in [6.07, 6.45) is 1.55. The quantitative estimate of drug-likeness (QED) is 0.588. The first-order valence-corrected chi connectivity index (χ1v) is 8.73. The van der Waals surface area contributed by atoms with E-state index in [9.17, 15) is 4.79 Å². The van der Waals surface area contributed by atoms with Gasteiger partial charge in [0.2, 0.25) is 0 Å². The maximum atomic E-state index is 12.8. The number of benzene rings is 1. The molecule has 0 fully saturated rings. The minimum Gasteiger partial charge on any atom is -0.306 e. The Labute approximate surface area is 160 Å². The predicted molar refractivity (Wildman–Crippen MR) is 105 cm³/mol. The SMILES string of the molecule is Cc1cc(NC(=O)c2cnc3c(c2)c(C)nn3C)n(-c2ccc(Cl)cc2)n1. The molecule has 1 N–H and O–H groups in total. The number of hydrogen-bond acceptors (Lipinski definition) is 4. The number of nitrogens with zero attached hydrogens (tertiary/aromatic N) is 5. The van der Waals surface area contributed by atoms with Crippen molar-refractivity contribution in [2.45, 2.75) is 13.8 Å². The molecule has 1 amide bonds. The number of carbonyl (C=O) groups is 1. The molecular weight excluding hydrogens is 364 g/mol. The Morgan fingerprint density at radius 1 is 1.11 bits per heavy atom. The van der Waals surface area contributed by atoms with Crippen molar-refractivity contribution in [2.24, 2.45) is 7.05 Å². The highest BCUT2D eigenvalue weighted by atomic mass is 35.5. The fraction of sp³-hybridized carbons (Fsp3) is 0.158. The topological polar surface area (TPSA) is 77.6 Å². The lowest BCUT2D eigenvalue weighted by Crippen LogP contribution is -2.15. The number of carbonyl (C=O) groups excluding carboxylic acids is 1. The fourth-order valence-corrected chi connectivity index (χ4v) is 3.11. The number of halogens is 1. The van der Waals surface area contributed by atoms with Gasteiger partial charge in [-0.25, -0.2) is 9.67 Å². The average molecular weight is 381 g/mol. The third kappa shape index (κ3) is 3.17. The van der Waals surface area contributed by atoms with Gasteiger partial charge in [0.25, 0.3) is 5.91 Å². The molecule has 27 heavy (non-hydrogen) atoms. The molecule has 136 valence electrons. The van der Waals surface area contributed by atoms with Gasteiger partial charge in [0.15, 0.2) is 5.65 Å². The van der Waals surface area contributed by atoms with E-state index in [1.54, 1.807) is 33.8 Å². The van der Waals surface area contributed by atoms with E-state index in [4.69, 9.17) is 11.6 Å². The smallest absolute Gasteiger partial charge is 0.258 e. The second kappa shape index (κ2) is 6.51.